The Labute approximate surface area is 210 Å². The summed E-state index contributed by atoms with van der Waals surface area (Å²) in [4.78, 5) is 2.39. The summed E-state index contributed by atoms with van der Waals surface area (Å²) in [5, 5.41) is 8.44. The predicted molar refractivity (Wildman–Crippen MR) is 124 cm³/mol. The number of aromatic nitrogens is 3. The fourth-order valence-corrected chi connectivity index (χ4v) is 5.45. The molecule has 2 heterocycles. The van der Waals surface area contributed by atoms with Gasteiger partial charge in [-0.2, -0.15) is 13.2 Å². The van der Waals surface area contributed by atoms with Crippen LogP contribution in [0, 0.1) is 5.92 Å². The lowest BCUT2D eigenvalue weighted by molar-refractivity contribution is -0.274. The molecule has 11 heteroatoms. The number of ether oxygens (including phenoxy) is 1. The lowest BCUT2D eigenvalue weighted by Crippen LogP contribution is -2.27. The van der Waals surface area contributed by atoms with Gasteiger partial charge in [0, 0.05) is 37.5 Å². The zero-order chi connectivity index (χ0) is 26.4. The molecule has 198 valence electrons. The third-order valence-corrected chi connectivity index (χ3v) is 7.44. The number of fused-ring (bicyclic) bond motifs is 1. The molecule has 1 saturated heterocycles. The average molecular weight is 525 g/mol. The molecule has 5 nitrogen and oxygen atoms in total. The summed E-state index contributed by atoms with van der Waals surface area (Å²) in [5.74, 6) is 1.56. The number of halogens is 6. The molecular weight excluding hydrogens is 498 g/mol. The molecular formula is C26H26F6N4O. The molecule has 1 saturated carbocycles. The highest BCUT2D eigenvalue weighted by molar-refractivity contribution is 5.56. The van der Waals surface area contributed by atoms with E-state index in [4.69, 9.17) is 0 Å². The van der Waals surface area contributed by atoms with Gasteiger partial charge in [-0.25, -0.2) is 0 Å². The summed E-state index contributed by atoms with van der Waals surface area (Å²) in [5.41, 5.74) is 1.01. The number of hydrogen-bond donors (Lipinski definition) is 0. The fraction of sp³-hybridized carbons (Fsp3) is 0.462. The second kappa shape index (κ2) is 9.34. The molecule has 2 aromatic carbocycles. The number of hydrogen-bond acceptors (Lipinski definition) is 4. The molecule has 0 radical (unpaired) electrons. The van der Waals surface area contributed by atoms with Gasteiger partial charge >= 0.3 is 12.5 Å². The highest BCUT2D eigenvalue weighted by Crippen LogP contribution is 2.59. The molecule has 37 heavy (non-hydrogen) atoms. The predicted octanol–water partition coefficient (Wildman–Crippen LogP) is 6.00. The van der Waals surface area contributed by atoms with Crippen LogP contribution in [0.5, 0.6) is 5.75 Å². The van der Waals surface area contributed by atoms with E-state index in [1.807, 2.05) is 11.6 Å². The second-order valence-corrected chi connectivity index (χ2v) is 9.90. The Morgan fingerprint density at radius 3 is 2.30 bits per heavy atom. The Hall–Kier alpha value is -3.08. The first-order valence-corrected chi connectivity index (χ1v) is 12.1. The van der Waals surface area contributed by atoms with Gasteiger partial charge in [0.05, 0.1) is 5.56 Å². The van der Waals surface area contributed by atoms with Crippen molar-refractivity contribution in [1.82, 2.24) is 19.7 Å². The number of aryl methyl sites for hydroxylation is 1. The van der Waals surface area contributed by atoms with Gasteiger partial charge in [0.2, 0.25) is 0 Å². The molecule has 0 unspecified atom stereocenters. The van der Waals surface area contributed by atoms with Crippen molar-refractivity contribution >= 4 is 0 Å². The summed E-state index contributed by atoms with van der Waals surface area (Å²) < 4.78 is 81.5. The zero-order valence-corrected chi connectivity index (χ0v) is 20.1. The first kappa shape index (κ1) is 25.6. The first-order valence-electron chi connectivity index (χ1n) is 12.1. The van der Waals surface area contributed by atoms with Crippen molar-refractivity contribution < 1.29 is 31.1 Å². The molecule has 0 N–H and O–H groups in total. The minimum atomic E-state index is -4.74. The summed E-state index contributed by atoms with van der Waals surface area (Å²) in [6.07, 6.45) is -5.49. The van der Waals surface area contributed by atoms with E-state index in [9.17, 15) is 26.3 Å². The Bertz CT molecular complexity index is 1240. The van der Waals surface area contributed by atoms with E-state index < -0.39 is 18.1 Å². The second-order valence-electron chi connectivity index (χ2n) is 9.90. The molecule has 0 spiro atoms. The molecule has 5 rings (SSSR count). The number of unbranched alkanes of at least 4 members (excludes halogenated alkanes) is 1. The van der Waals surface area contributed by atoms with Crippen LogP contribution in [0.2, 0.25) is 0 Å². The van der Waals surface area contributed by atoms with Gasteiger partial charge < -0.3 is 14.2 Å². The van der Waals surface area contributed by atoms with Crippen molar-refractivity contribution in [1.29, 1.82) is 0 Å². The smallest absolute Gasteiger partial charge is 0.406 e. The van der Waals surface area contributed by atoms with E-state index in [-0.39, 0.29) is 11.2 Å². The van der Waals surface area contributed by atoms with E-state index in [2.05, 4.69) is 19.8 Å². The van der Waals surface area contributed by atoms with Crippen LogP contribution in [0.4, 0.5) is 26.3 Å². The Kier molecular flexibility index (Phi) is 6.45. The van der Waals surface area contributed by atoms with Crippen LogP contribution in [-0.2, 0) is 25.1 Å². The maximum absolute atomic E-state index is 12.9. The van der Waals surface area contributed by atoms with Crippen LogP contribution in [0.25, 0.3) is 11.4 Å². The van der Waals surface area contributed by atoms with Crippen molar-refractivity contribution in [3.8, 4) is 17.1 Å². The molecule has 0 amide bonds. The topological polar surface area (TPSA) is 43.2 Å². The third kappa shape index (κ3) is 5.46. The van der Waals surface area contributed by atoms with Gasteiger partial charge in [0.15, 0.2) is 5.82 Å². The lowest BCUT2D eigenvalue weighted by Gasteiger charge is -2.21. The summed E-state index contributed by atoms with van der Waals surface area (Å²) in [6, 6.07) is 11.2. The summed E-state index contributed by atoms with van der Waals surface area (Å²) in [7, 11) is 1.83. The molecule has 2 aliphatic rings. The van der Waals surface area contributed by atoms with Crippen LogP contribution in [0.1, 0.15) is 36.2 Å². The maximum Gasteiger partial charge on any atom is 0.573 e. The molecule has 1 aromatic heterocycles. The fourth-order valence-electron chi connectivity index (χ4n) is 5.45. The van der Waals surface area contributed by atoms with Gasteiger partial charge in [-0.05, 0) is 73.7 Å². The summed E-state index contributed by atoms with van der Waals surface area (Å²) >= 11 is 0. The standard InChI is InChI=1S/C26H26F6N4O/c1-35-22(33-34-23(35)17-5-11-21(12-6-17)37-26(30,31)32)4-2-3-13-36-15-20-14-24(20,16-36)18-7-9-19(10-8-18)25(27,28)29/h5-12,20H,2-4,13-16H2,1H3/t20-,24+/m0/s1. The van der Waals surface area contributed by atoms with Gasteiger partial charge in [-0.15, -0.1) is 23.4 Å². The van der Waals surface area contributed by atoms with Crippen molar-refractivity contribution in [3.05, 3.63) is 65.5 Å². The molecule has 2 fully saturated rings. The number of piperidine rings is 1. The van der Waals surface area contributed by atoms with Crippen LogP contribution < -0.4 is 4.74 Å². The van der Waals surface area contributed by atoms with Crippen molar-refractivity contribution in [2.45, 2.75) is 43.6 Å². The van der Waals surface area contributed by atoms with Gasteiger partial charge in [-0.1, -0.05) is 12.1 Å². The number of likely N-dealkylation sites (tertiary alicyclic amines) is 1. The van der Waals surface area contributed by atoms with Crippen molar-refractivity contribution in [3.63, 3.8) is 0 Å². The third-order valence-electron chi connectivity index (χ3n) is 7.44. The van der Waals surface area contributed by atoms with Crippen molar-refractivity contribution in [2.24, 2.45) is 13.0 Å². The van der Waals surface area contributed by atoms with Crippen LogP contribution in [-0.4, -0.2) is 45.7 Å². The van der Waals surface area contributed by atoms with Crippen LogP contribution in [0.15, 0.2) is 48.5 Å². The maximum atomic E-state index is 12.9. The van der Waals surface area contributed by atoms with Crippen LogP contribution >= 0.6 is 0 Å². The molecule has 2 atom stereocenters. The average Bonchev–Trinajstić information content (AvgIpc) is 3.20. The van der Waals surface area contributed by atoms with Gasteiger partial charge in [0.25, 0.3) is 0 Å². The quantitative estimate of drug-likeness (QED) is 0.268. The van der Waals surface area contributed by atoms with E-state index in [0.29, 0.717) is 23.7 Å². The molecule has 0 bridgehead atoms. The van der Waals surface area contributed by atoms with Gasteiger partial charge in [-0.3, -0.25) is 0 Å². The minimum Gasteiger partial charge on any atom is -0.406 e. The SMILES string of the molecule is Cn1c(CCCCN2C[C@@H]3C[C@]3(c3ccc(C(F)(F)F)cc3)C2)nnc1-c1ccc(OC(F)(F)F)cc1. The summed E-state index contributed by atoms with van der Waals surface area (Å²) in [6.45, 7) is 2.73. The highest BCUT2D eigenvalue weighted by atomic mass is 19.4. The molecule has 1 aliphatic carbocycles. The molecule has 3 aromatic rings. The van der Waals surface area contributed by atoms with E-state index in [1.54, 1.807) is 12.1 Å². The highest BCUT2D eigenvalue weighted by Gasteiger charge is 2.60. The minimum absolute atomic E-state index is 0.0106. The Balaban J connectivity index is 1.10. The van der Waals surface area contributed by atoms with Gasteiger partial charge in [0.1, 0.15) is 11.6 Å². The molecule has 1 aliphatic heterocycles. The van der Waals surface area contributed by atoms with E-state index in [0.717, 1.165) is 50.3 Å². The zero-order valence-electron chi connectivity index (χ0n) is 20.1. The van der Waals surface area contributed by atoms with Crippen LogP contribution in [0.3, 0.4) is 0 Å². The monoisotopic (exact) mass is 524 g/mol. The number of nitrogens with zero attached hydrogens (tertiary/aromatic N) is 4. The van der Waals surface area contributed by atoms with E-state index >= 15 is 0 Å². The Morgan fingerprint density at radius 2 is 1.65 bits per heavy atom. The largest absolute Gasteiger partial charge is 0.573 e. The Morgan fingerprint density at radius 1 is 0.946 bits per heavy atom. The normalized spacial score (nSPS) is 21.8. The first-order chi connectivity index (χ1) is 17.4. The van der Waals surface area contributed by atoms with Crippen molar-refractivity contribution in [2.75, 3.05) is 19.6 Å². The van der Waals surface area contributed by atoms with E-state index in [1.165, 1.54) is 36.4 Å². The number of alkyl halides is 6. The lowest BCUT2D eigenvalue weighted by atomic mass is 9.94. The number of rotatable bonds is 8. The number of benzene rings is 2.